The van der Waals surface area contributed by atoms with Gasteiger partial charge in [-0.1, -0.05) is 36.8 Å². The second kappa shape index (κ2) is 8.46. The molecule has 2 aliphatic heterocycles. The van der Waals surface area contributed by atoms with Crippen molar-refractivity contribution in [3.8, 4) is 11.5 Å². The van der Waals surface area contributed by atoms with Crippen molar-refractivity contribution in [1.29, 1.82) is 0 Å². The maximum absolute atomic E-state index is 13.7. The second-order valence-corrected chi connectivity index (χ2v) is 8.24. The van der Waals surface area contributed by atoms with Crippen molar-refractivity contribution in [2.45, 2.75) is 26.7 Å². The zero-order chi connectivity index (χ0) is 22.1. The second-order valence-electron chi connectivity index (χ2n) is 8.24. The van der Waals surface area contributed by atoms with Crippen LogP contribution in [0.5, 0.6) is 11.5 Å². The first kappa shape index (κ1) is 21.0. The van der Waals surface area contributed by atoms with E-state index in [1.54, 1.807) is 25.3 Å². The minimum absolute atomic E-state index is 0.307. The molecule has 0 aliphatic carbocycles. The van der Waals surface area contributed by atoms with Crippen LogP contribution in [0, 0.1) is 12.8 Å². The number of methoxy groups -OCH3 is 2. The van der Waals surface area contributed by atoms with Gasteiger partial charge in [-0.2, -0.15) is 0 Å². The van der Waals surface area contributed by atoms with E-state index >= 15 is 0 Å². The number of hydrogen-bond acceptors (Lipinski definition) is 5. The van der Waals surface area contributed by atoms with E-state index in [9.17, 15) is 9.59 Å². The van der Waals surface area contributed by atoms with Crippen molar-refractivity contribution in [2.75, 3.05) is 32.2 Å². The fourth-order valence-electron chi connectivity index (χ4n) is 4.21. The molecule has 0 radical (unpaired) electrons. The summed E-state index contributed by atoms with van der Waals surface area (Å²) >= 11 is 0. The average molecular weight is 421 g/mol. The molecule has 2 heterocycles. The number of carbonyl (C=O) groups excluding carboxylic acids is 2. The third kappa shape index (κ3) is 3.78. The number of carbonyl (C=O) groups is 2. The molecule has 0 atom stereocenters. The molecule has 6 nitrogen and oxygen atoms in total. The van der Waals surface area contributed by atoms with E-state index in [0.717, 1.165) is 37.1 Å². The van der Waals surface area contributed by atoms with E-state index in [-0.39, 0.29) is 11.8 Å². The molecule has 6 heteroatoms. The van der Waals surface area contributed by atoms with E-state index in [4.69, 9.17) is 9.47 Å². The van der Waals surface area contributed by atoms with Gasteiger partial charge in [0, 0.05) is 19.2 Å². The molecule has 2 aromatic carbocycles. The molecule has 0 unspecified atom stereocenters. The van der Waals surface area contributed by atoms with Crippen LogP contribution in [-0.4, -0.2) is 44.0 Å². The molecule has 1 fully saturated rings. The van der Waals surface area contributed by atoms with Crippen LogP contribution in [0.25, 0.3) is 5.57 Å². The number of piperidine rings is 1. The fraction of sp³-hybridized carbons (Fsp3) is 0.360. The molecule has 0 saturated carbocycles. The Labute approximate surface area is 183 Å². The van der Waals surface area contributed by atoms with Crippen LogP contribution >= 0.6 is 0 Å². The topological polar surface area (TPSA) is 59.1 Å². The Bertz CT molecular complexity index is 1030. The molecule has 4 rings (SSSR count). The van der Waals surface area contributed by atoms with Gasteiger partial charge in [-0.25, -0.2) is 4.90 Å². The molecule has 0 aromatic heterocycles. The van der Waals surface area contributed by atoms with Gasteiger partial charge in [-0.05, 0) is 43.4 Å². The maximum Gasteiger partial charge on any atom is 0.282 e. The predicted molar refractivity (Wildman–Crippen MR) is 120 cm³/mol. The Morgan fingerprint density at radius 1 is 0.903 bits per heavy atom. The molecule has 31 heavy (non-hydrogen) atoms. The van der Waals surface area contributed by atoms with Crippen molar-refractivity contribution >= 4 is 23.1 Å². The van der Waals surface area contributed by atoms with Crippen molar-refractivity contribution in [3.05, 3.63) is 59.3 Å². The van der Waals surface area contributed by atoms with Gasteiger partial charge < -0.3 is 14.4 Å². The number of nitrogens with zero attached hydrogens (tertiary/aromatic N) is 2. The first-order valence-corrected chi connectivity index (χ1v) is 10.6. The summed E-state index contributed by atoms with van der Waals surface area (Å²) in [6.07, 6.45) is 2.00. The first-order chi connectivity index (χ1) is 14.9. The highest BCUT2D eigenvalue weighted by atomic mass is 16.5. The average Bonchev–Trinajstić information content (AvgIpc) is 3.04. The SMILES string of the molecule is COc1ccc(N2C(=O)C(c3ccc(C)cc3)=C(N3CCC(C)CC3)C2=O)c(OC)c1. The Balaban J connectivity index is 1.82. The van der Waals surface area contributed by atoms with Crippen LogP contribution in [-0.2, 0) is 9.59 Å². The lowest BCUT2D eigenvalue weighted by atomic mass is 9.97. The van der Waals surface area contributed by atoms with Crippen LogP contribution in [0.15, 0.2) is 48.2 Å². The van der Waals surface area contributed by atoms with Gasteiger partial charge in [0.25, 0.3) is 11.8 Å². The molecule has 2 aromatic rings. The maximum atomic E-state index is 13.7. The summed E-state index contributed by atoms with van der Waals surface area (Å²) in [7, 11) is 3.08. The number of amides is 2. The zero-order valence-electron chi connectivity index (χ0n) is 18.5. The number of ether oxygens (including phenoxy) is 2. The van der Waals surface area contributed by atoms with E-state index in [1.807, 2.05) is 31.2 Å². The summed E-state index contributed by atoms with van der Waals surface area (Å²) in [6, 6.07) is 12.9. The third-order valence-electron chi connectivity index (χ3n) is 6.13. The van der Waals surface area contributed by atoms with E-state index in [2.05, 4.69) is 11.8 Å². The number of imide groups is 1. The summed E-state index contributed by atoms with van der Waals surface area (Å²) in [5, 5.41) is 0. The van der Waals surface area contributed by atoms with Crippen molar-refractivity contribution in [2.24, 2.45) is 5.92 Å². The molecular formula is C25H28N2O4. The molecule has 162 valence electrons. The van der Waals surface area contributed by atoms with Crippen molar-refractivity contribution < 1.29 is 19.1 Å². The van der Waals surface area contributed by atoms with Crippen LogP contribution in [0.3, 0.4) is 0 Å². The van der Waals surface area contributed by atoms with Crippen molar-refractivity contribution in [1.82, 2.24) is 4.90 Å². The Morgan fingerprint density at radius 2 is 1.58 bits per heavy atom. The number of benzene rings is 2. The molecular weight excluding hydrogens is 392 g/mol. The number of hydrogen-bond donors (Lipinski definition) is 0. The summed E-state index contributed by atoms with van der Waals surface area (Å²) < 4.78 is 10.8. The summed E-state index contributed by atoms with van der Waals surface area (Å²) in [5.74, 6) is 0.990. The van der Waals surface area contributed by atoms with E-state index in [1.165, 1.54) is 12.0 Å². The summed E-state index contributed by atoms with van der Waals surface area (Å²) in [5.41, 5.74) is 3.22. The minimum atomic E-state index is -0.328. The minimum Gasteiger partial charge on any atom is -0.497 e. The van der Waals surface area contributed by atoms with Gasteiger partial charge in [-0.3, -0.25) is 9.59 Å². The molecule has 2 amide bonds. The molecule has 2 aliphatic rings. The molecule has 0 spiro atoms. The number of aryl methyl sites for hydroxylation is 1. The lowest BCUT2D eigenvalue weighted by molar-refractivity contribution is -0.120. The summed E-state index contributed by atoms with van der Waals surface area (Å²) in [4.78, 5) is 30.7. The number of rotatable bonds is 5. The van der Waals surface area contributed by atoms with Gasteiger partial charge in [0.1, 0.15) is 17.2 Å². The Kier molecular flexibility index (Phi) is 5.72. The summed E-state index contributed by atoms with van der Waals surface area (Å²) in [6.45, 7) is 5.75. The van der Waals surface area contributed by atoms with Gasteiger partial charge in [0.2, 0.25) is 0 Å². The van der Waals surface area contributed by atoms with Gasteiger partial charge in [0.15, 0.2) is 0 Å². The van der Waals surface area contributed by atoms with E-state index in [0.29, 0.717) is 34.4 Å². The van der Waals surface area contributed by atoms with Crippen LogP contribution in [0.1, 0.15) is 30.9 Å². The quantitative estimate of drug-likeness (QED) is 0.684. The third-order valence-corrected chi connectivity index (χ3v) is 6.13. The van der Waals surface area contributed by atoms with Gasteiger partial charge in [0.05, 0.1) is 25.5 Å². The zero-order valence-corrected chi connectivity index (χ0v) is 18.5. The Hall–Kier alpha value is -3.28. The van der Waals surface area contributed by atoms with Crippen LogP contribution in [0.4, 0.5) is 5.69 Å². The van der Waals surface area contributed by atoms with Crippen LogP contribution in [0.2, 0.25) is 0 Å². The van der Waals surface area contributed by atoms with E-state index < -0.39 is 0 Å². The van der Waals surface area contributed by atoms with Gasteiger partial charge in [-0.15, -0.1) is 0 Å². The standard InChI is InChI=1S/C25H28N2O4/c1-16-5-7-18(8-6-16)22-23(26-13-11-17(2)12-14-26)25(29)27(24(22)28)20-10-9-19(30-3)15-21(20)31-4/h5-10,15,17H,11-14H2,1-4H3. The Morgan fingerprint density at radius 3 is 2.19 bits per heavy atom. The lowest BCUT2D eigenvalue weighted by Crippen LogP contribution is -2.38. The smallest absolute Gasteiger partial charge is 0.282 e. The van der Waals surface area contributed by atoms with Crippen LogP contribution < -0.4 is 14.4 Å². The normalized spacial score (nSPS) is 17.5. The first-order valence-electron chi connectivity index (χ1n) is 10.6. The highest BCUT2D eigenvalue weighted by Gasteiger charge is 2.44. The fourth-order valence-corrected chi connectivity index (χ4v) is 4.21. The number of likely N-dealkylation sites (tertiary alicyclic amines) is 1. The molecule has 0 bridgehead atoms. The lowest BCUT2D eigenvalue weighted by Gasteiger charge is -2.32. The van der Waals surface area contributed by atoms with Crippen molar-refractivity contribution in [3.63, 3.8) is 0 Å². The molecule has 0 N–H and O–H groups in total. The highest BCUT2D eigenvalue weighted by Crippen LogP contribution is 2.40. The largest absolute Gasteiger partial charge is 0.497 e. The monoisotopic (exact) mass is 420 g/mol. The number of anilines is 1. The molecule has 1 saturated heterocycles. The predicted octanol–water partition coefficient (Wildman–Crippen LogP) is 4.03. The highest BCUT2D eigenvalue weighted by molar-refractivity contribution is 6.45. The van der Waals surface area contributed by atoms with Gasteiger partial charge >= 0.3 is 0 Å².